The first kappa shape index (κ1) is 21.7. The highest BCUT2D eigenvalue weighted by Crippen LogP contribution is 2.35. The molecule has 2 aromatic heterocycles. The lowest BCUT2D eigenvalue weighted by atomic mass is 10.2. The Labute approximate surface area is 202 Å². The monoisotopic (exact) mass is 466 g/mol. The Kier molecular flexibility index (Phi) is 6.27. The topological polar surface area (TPSA) is 59.7 Å². The van der Waals surface area contributed by atoms with Gasteiger partial charge in [-0.05, 0) is 78.0 Å². The Bertz CT molecular complexity index is 1350. The molecule has 2 aromatic carbocycles. The third kappa shape index (κ3) is 4.65. The lowest BCUT2D eigenvalue weighted by Gasteiger charge is -2.15. The van der Waals surface area contributed by atoms with Crippen molar-refractivity contribution < 1.29 is 9.53 Å². The molecule has 1 aliphatic heterocycles. The molecule has 168 valence electrons. The fourth-order valence-corrected chi connectivity index (χ4v) is 4.62. The average molecular weight is 467 g/mol. The number of pyridine rings is 1. The van der Waals surface area contributed by atoms with Crippen LogP contribution in [-0.2, 0) is 11.3 Å². The summed E-state index contributed by atoms with van der Waals surface area (Å²) in [6.07, 6.45) is 7.39. The van der Waals surface area contributed by atoms with Crippen LogP contribution in [0, 0.1) is 0 Å². The van der Waals surface area contributed by atoms with Crippen LogP contribution in [0.2, 0.25) is 0 Å². The van der Waals surface area contributed by atoms with Crippen LogP contribution in [0.4, 0.5) is 5.69 Å². The van der Waals surface area contributed by atoms with E-state index in [1.54, 1.807) is 24.4 Å². The lowest BCUT2D eigenvalue weighted by molar-refractivity contribution is -0.122. The van der Waals surface area contributed by atoms with E-state index in [0.29, 0.717) is 16.6 Å². The van der Waals surface area contributed by atoms with E-state index >= 15 is 0 Å². The Morgan fingerprint density at radius 1 is 1.00 bits per heavy atom. The molecule has 0 spiro atoms. The van der Waals surface area contributed by atoms with Crippen LogP contribution in [0.1, 0.15) is 11.3 Å². The molecular weight excluding hydrogens is 444 g/mol. The number of amidine groups is 1. The van der Waals surface area contributed by atoms with Gasteiger partial charge in [-0.15, -0.1) is 0 Å². The van der Waals surface area contributed by atoms with Crippen molar-refractivity contribution in [3.05, 3.63) is 114 Å². The number of ether oxygens (including phenoxy) is 1. The van der Waals surface area contributed by atoms with E-state index < -0.39 is 0 Å². The quantitative estimate of drug-likeness (QED) is 0.343. The van der Waals surface area contributed by atoms with Gasteiger partial charge in [-0.25, -0.2) is 4.99 Å². The highest BCUT2D eigenvalue weighted by molar-refractivity contribution is 8.18. The standard InChI is InChI=1S/C27H22N4O2S/c1-33-24-13-11-22(12-14-24)30-16-6-10-23(30)17-25-26(32)31(19-20-7-5-15-28-18-20)27(34-25)29-21-8-3-2-4-9-21/h2-18H,19H2,1H3/b25-17-,29-27?. The second kappa shape index (κ2) is 9.80. The van der Waals surface area contributed by atoms with Crippen molar-refractivity contribution in [3.8, 4) is 11.4 Å². The summed E-state index contributed by atoms with van der Waals surface area (Å²) in [5.41, 5.74) is 3.64. The number of rotatable bonds is 6. The van der Waals surface area contributed by atoms with Gasteiger partial charge in [-0.3, -0.25) is 14.7 Å². The molecule has 1 aliphatic rings. The molecule has 0 N–H and O–H groups in total. The van der Waals surface area contributed by atoms with Crippen molar-refractivity contribution in [3.63, 3.8) is 0 Å². The largest absolute Gasteiger partial charge is 0.497 e. The summed E-state index contributed by atoms with van der Waals surface area (Å²) in [5.74, 6) is 0.719. The van der Waals surface area contributed by atoms with Crippen LogP contribution < -0.4 is 4.74 Å². The summed E-state index contributed by atoms with van der Waals surface area (Å²) >= 11 is 1.38. The van der Waals surface area contributed by atoms with Gasteiger partial charge in [0.05, 0.1) is 24.2 Å². The van der Waals surface area contributed by atoms with Crippen LogP contribution >= 0.6 is 11.8 Å². The van der Waals surface area contributed by atoms with E-state index in [2.05, 4.69) is 4.98 Å². The van der Waals surface area contributed by atoms with Gasteiger partial charge in [-0.1, -0.05) is 24.3 Å². The third-order valence-corrected chi connectivity index (χ3v) is 6.35. The number of amides is 1. The molecule has 3 heterocycles. The summed E-state index contributed by atoms with van der Waals surface area (Å²) in [4.78, 5) is 24.8. The molecule has 4 aromatic rings. The van der Waals surface area contributed by atoms with Gasteiger partial charge in [-0.2, -0.15) is 0 Å². The molecule has 1 fully saturated rings. The minimum Gasteiger partial charge on any atom is -0.497 e. The summed E-state index contributed by atoms with van der Waals surface area (Å²) in [7, 11) is 1.65. The number of thioether (sulfide) groups is 1. The number of hydrogen-bond acceptors (Lipinski definition) is 5. The molecule has 0 bridgehead atoms. The van der Waals surface area contributed by atoms with Crippen LogP contribution in [0.25, 0.3) is 11.8 Å². The highest BCUT2D eigenvalue weighted by atomic mass is 32.2. The molecule has 0 atom stereocenters. The molecule has 5 rings (SSSR count). The first-order valence-electron chi connectivity index (χ1n) is 10.8. The third-order valence-electron chi connectivity index (χ3n) is 5.34. The average Bonchev–Trinajstić information content (AvgIpc) is 3.46. The molecule has 1 saturated heterocycles. The van der Waals surface area contributed by atoms with Crippen LogP contribution in [0.5, 0.6) is 5.75 Å². The smallest absolute Gasteiger partial charge is 0.267 e. The van der Waals surface area contributed by atoms with Crippen molar-refractivity contribution in [2.45, 2.75) is 6.54 Å². The van der Waals surface area contributed by atoms with Gasteiger partial charge < -0.3 is 9.30 Å². The molecular formula is C27H22N4O2S. The maximum atomic E-state index is 13.5. The van der Waals surface area contributed by atoms with Gasteiger partial charge in [0.15, 0.2) is 5.17 Å². The summed E-state index contributed by atoms with van der Waals surface area (Å²) < 4.78 is 7.31. The zero-order chi connectivity index (χ0) is 23.3. The summed E-state index contributed by atoms with van der Waals surface area (Å²) in [5, 5.41) is 0.647. The highest BCUT2D eigenvalue weighted by Gasteiger charge is 2.33. The van der Waals surface area contributed by atoms with Crippen molar-refractivity contribution in [2.24, 2.45) is 4.99 Å². The zero-order valence-electron chi connectivity index (χ0n) is 18.5. The SMILES string of the molecule is COc1ccc(-n2cccc2/C=C2\SC(=Nc3ccccc3)N(Cc3cccnc3)C2=O)cc1. The Hall–Kier alpha value is -4.10. The van der Waals surface area contributed by atoms with Crippen molar-refractivity contribution >= 4 is 34.6 Å². The Morgan fingerprint density at radius 3 is 2.56 bits per heavy atom. The number of carbonyl (C=O) groups excluding carboxylic acids is 1. The molecule has 0 aliphatic carbocycles. The van der Waals surface area contributed by atoms with Crippen LogP contribution in [0.3, 0.4) is 0 Å². The minimum atomic E-state index is -0.0778. The number of carbonyl (C=O) groups is 1. The molecule has 0 radical (unpaired) electrons. The number of aliphatic imine (C=N–C) groups is 1. The fraction of sp³-hybridized carbons (Fsp3) is 0.0741. The summed E-state index contributed by atoms with van der Waals surface area (Å²) in [6, 6.07) is 25.3. The number of methoxy groups -OCH3 is 1. The predicted molar refractivity (Wildman–Crippen MR) is 136 cm³/mol. The van der Waals surface area contributed by atoms with E-state index in [4.69, 9.17) is 9.73 Å². The van der Waals surface area contributed by atoms with E-state index in [-0.39, 0.29) is 5.91 Å². The molecule has 0 unspecified atom stereocenters. The first-order chi connectivity index (χ1) is 16.7. The van der Waals surface area contributed by atoms with Crippen molar-refractivity contribution in [1.82, 2.24) is 14.5 Å². The molecule has 6 nitrogen and oxygen atoms in total. The second-order valence-electron chi connectivity index (χ2n) is 7.59. The normalized spacial score (nSPS) is 15.9. The Balaban J connectivity index is 1.49. The van der Waals surface area contributed by atoms with Gasteiger partial charge in [0.25, 0.3) is 5.91 Å². The van der Waals surface area contributed by atoms with Gasteiger partial charge in [0.1, 0.15) is 5.75 Å². The molecule has 34 heavy (non-hydrogen) atoms. The van der Waals surface area contributed by atoms with Gasteiger partial charge >= 0.3 is 0 Å². The van der Waals surface area contributed by atoms with Crippen molar-refractivity contribution in [2.75, 3.05) is 7.11 Å². The number of aromatic nitrogens is 2. The van der Waals surface area contributed by atoms with E-state index in [1.807, 2.05) is 95.7 Å². The second-order valence-corrected chi connectivity index (χ2v) is 8.60. The lowest BCUT2D eigenvalue weighted by Crippen LogP contribution is -2.28. The van der Waals surface area contributed by atoms with Gasteiger partial charge in [0.2, 0.25) is 0 Å². The predicted octanol–water partition coefficient (Wildman–Crippen LogP) is 5.69. The maximum absolute atomic E-state index is 13.5. The zero-order valence-corrected chi connectivity index (χ0v) is 19.4. The number of benzene rings is 2. The van der Waals surface area contributed by atoms with E-state index in [9.17, 15) is 4.79 Å². The van der Waals surface area contributed by atoms with E-state index in [1.165, 1.54) is 11.8 Å². The van der Waals surface area contributed by atoms with Gasteiger partial charge in [0, 0.05) is 30.0 Å². The fourth-order valence-electron chi connectivity index (χ4n) is 3.64. The molecule has 7 heteroatoms. The van der Waals surface area contributed by atoms with Crippen LogP contribution in [-0.4, -0.2) is 32.6 Å². The number of nitrogens with zero attached hydrogens (tertiary/aromatic N) is 4. The van der Waals surface area contributed by atoms with Crippen molar-refractivity contribution in [1.29, 1.82) is 0 Å². The molecule has 0 saturated carbocycles. The number of hydrogen-bond donors (Lipinski definition) is 0. The van der Waals surface area contributed by atoms with E-state index in [0.717, 1.165) is 28.4 Å². The first-order valence-corrected chi connectivity index (χ1v) is 11.6. The maximum Gasteiger partial charge on any atom is 0.267 e. The summed E-state index contributed by atoms with van der Waals surface area (Å²) in [6.45, 7) is 0.405. The van der Waals surface area contributed by atoms with Crippen LogP contribution in [0.15, 0.2) is 107 Å². The minimum absolute atomic E-state index is 0.0778. The Morgan fingerprint density at radius 2 is 1.82 bits per heavy atom. The molecule has 1 amide bonds. The number of para-hydroxylation sites is 1.